The van der Waals surface area contributed by atoms with Crippen LogP contribution in [0.2, 0.25) is 5.02 Å². The Bertz CT molecular complexity index is 1590. The van der Waals surface area contributed by atoms with Crippen LogP contribution in [0, 0.1) is 5.41 Å². The first-order chi connectivity index (χ1) is 18.0. The lowest BCUT2D eigenvalue weighted by atomic mass is 9.64. The van der Waals surface area contributed by atoms with E-state index in [1.807, 2.05) is 24.3 Å². The highest BCUT2D eigenvalue weighted by Gasteiger charge is 2.73. The Morgan fingerprint density at radius 3 is 2.22 bits per heavy atom. The molecule has 0 saturated carbocycles. The number of Topliss-reactive ketones (excluding diaryl/α,β-unsaturated/α-hetero) is 3. The van der Waals surface area contributed by atoms with Gasteiger partial charge in [0.2, 0.25) is 0 Å². The molecule has 2 aliphatic heterocycles. The largest absolute Gasteiger partial charge is 0.469 e. The van der Waals surface area contributed by atoms with Gasteiger partial charge in [-0.1, -0.05) is 60.1 Å². The van der Waals surface area contributed by atoms with Crippen LogP contribution in [-0.2, 0) is 0 Å². The first-order valence-electron chi connectivity index (χ1n) is 12.0. The molecule has 37 heavy (non-hydrogen) atoms. The van der Waals surface area contributed by atoms with E-state index in [1.165, 1.54) is 6.26 Å². The summed E-state index contributed by atoms with van der Waals surface area (Å²) in [5, 5.41) is 6.85. The Morgan fingerprint density at radius 2 is 1.54 bits per heavy atom. The molecule has 0 amide bonds. The molecule has 0 radical (unpaired) electrons. The fraction of sp³-hybridized carbons (Fsp3) is 0.133. The molecule has 0 unspecified atom stereocenters. The number of halogens is 1. The lowest BCUT2D eigenvalue weighted by Gasteiger charge is -2.36. The first kappa shape index (κ1) is 21.9. The molecule has 6 nitrogen and oxygen atoms in total. The van der Waals surface area contributed by atoms with Crippen LogP contribution in [0.15, 0.2) is 101 Å². The van der Waals surface area contributed by atoms with Crippen LogP contribution in [-0.4, -0.2) is 34.6 Å². The zero-order valence-electron chi connectivity index (χ0n) is 19.4. The number of ketones is 3. The molecule has 4 aromatic rings. The smallest absolute Gasteiger partial charge is 0.187 e. The van der Waals surface area contributed by atoms with Gasteiger partial charge in [-0.05, 0) is 47.5 Å². The van der Waals surface area contributed by atoms with Crippen LogP contribution in [0.1, 0.15) is 59.9 Å². The minimum absolute atomic E-state index is 0.270. The summed E-state index contributed by atoms with van der Waals surface area (Å²) in [6, 6.07) is 22.7. The van der Waals surface area contributed by atoms with Gasteiger partial charge in [0.05, 0.1) is 24.4 Å². The highest BCUT2D eigenvalue weighted by molar-refractivity contribution is 6.32. The number of furan rings is 1. The Hall–Kier alpha value is -4.29. The van der Waals surface area contributed by atoms with E-state index in [2.05, 4.69) is 0 Å². The second kappa shape index (κ2) is 7.85. The minimum Gasteiger partial charge on any atom is -0.469 e. The van der Waals surface area contributed by atoms with Gasteiger partial charge in [0, 0.05) is 21.7 Å². The normalized spacial score (nSPS) is 22.7. The standard InChI is InChI=1S/C30H19ClN2O4/c31-19-13-11-17(12-14-19)26(34)25-24(23-10-5-15-37-23)30(28(35)21-8-3-4-9-22(21)29(30)36)27-20-7-2-1-6-18(20)16-32-33(25)27/h1-16,24-25,27H/t24-,25+,27-/m0/s1. The van der Waals surface area contributed by atoms with Crippen molar-refractivity contribution in [2.75, 3.05) is 0 Å². The second-order valence-corrected chi connectivity index (χ2v) is 9.97. The molecular weight excluding hydrogens is 488 g/mol. The maximum Gasteiger partial charge on any atom is 0.187 e. The molecule has 1 saturated heterocycles. The summed E-state index contributed by atoms with van der Waals surface area (Å²) in [5.41, 5.74) is 1.06. The van der Waals surface area contributed by atoms with E-state index >= 15 is 0 Å². The van der Waals surface area contributed by atoms with Gasteiger partial charge in [0.15, 0.2) is 17.3 Å². The maximum absolute atomic E-state index is 14.5. The molecule has 1 aliphatic carbocycles. The van der Waals surface area contributed by atoms with Crippen LogP contribution in [0.4, 0.5) is 0 Å². The van der Waals surface area contributed by atoms with Crippen LogP contribution < -0.4 is 0 Å². The van der Waals surface area contributed by atoms with Gasteiger partial charge >= 0.3 is 0 Å². The fourth-order valence-electron chi connectivity index (χ4n) is 6.34. The Labute approximate surface area is 217 Å². The molecule has 0 N–H and O–H groups in total. The molecule has 0 bridgehead atoms. The second-order valence-electron chi connectivity index (χ2n) is 9.54. The minimum atomic E-state index is -1.64. The molecule has 1 fully saturated rings. The summed E-state index contributed by atoms with van der Waals surface area (Å²) in [5.74, 6) is -1.42. The van der Waals surface area contributed by atoms with E-state index < -0.39 is 23.4 Å². The SMILES string of the molecule is O=C(c1ccc(Cl)cc1)[C@H]1[C@H](c2ccco2)C2(C(=O)c3ccccc3C2=O)[C@@H]2c3ccccc3C=NN21. The number of carbonyl (C=O) groups excluding carboxylic acids is 3. The summed E-state index contributed by atoms with van der Waals surface area (Å²) in [4.78, 5) is 43.2. The van der Waals surface area contributed by atoms with Gasteiger partial charge in [-0.3, -0.25) is 19.4 Å². The number of hydrogen-bond acceptors (Lipinski definition) is 6. The topological polar surface area (TPSA) is 79.9 Å². The maximum atomic E-state index is 14.5. The van der Waals surface area contributed by atoms with E-state index in [0.717, 1.165) is 11.1 Å². The van der Waals surface area contributed by atoms with Gasteiger partial charge in [-0.25, -0.2) is 0 Å². The molecule has 1 aromatic heterocycles. The third-order valence-electron chi connectivity index (χ3n) is 7.82. The van der Waals surface area contributed by atoms with Crippen LogP contribution >= 0.6 is 11.6 Å². The van der Waals surface area contributed by atoms with Gasteiger partial charge in [-0.15, -0.1) is 0 Å². The van der Waals surface area contributed by atoms with Crippen molar-refractivity contribution in [2.24, 2.45) is 10.5 Å². The summed E-state index contributed by atoms with van der Waals surface area (Å²) in [7, 11) is 0. The van der Waals surface area contributed by atoms with Crippen LogP contribution in [0.3, 0.4) is 0 Å². The molecule has 180 valence electrons. The van der Waals surface area contributed by atoms with E-state index in [4.69, 9.17) is 21.1 Å². The van der Waals surface area contributed by atoms with Crippen molar-refractivity contribution in [1.82, 2.24) is 5.01 Å². The lowest BCUT2D eigenvalue weighted by molar-refractivity contribution is 0.0579. The first-order valence-corrected chi connectivity index (χ1v) is 12.3. The average Bonchev–Trinajstić information content (AvgIpc) is 3.62. The number of rotatable bonds is 3. The van der Waals surface area contributed by atoms with Gasteiger partial charge in [0.1, 0.15) is 17.2 Å². The molecule has 7 heteroatoms. The molecule has 7 rings (SSSR count). The molecular formula is C30H19ClN2O4. The summed E-state index contributed by atoms with van der Waals surface area (Å²) in [6.45, 7) is 0. The van der Waals surface area contributed by atoms with Crippen LogP contribution in [0.5, 0.6) is 0 Å². The Balaban J connectivity index is 1.54. The van der Waals surface area contributed by atoms with E-state index in [0.29, 0.717) is 27.5 Å². The highest BCUT2D eigenvalue weighted by atomic mass is 35.5. The third-order valence-corrected chi connectivity index (χ3v) is 8.07. The van der Waals surface area contributed by atoms with Crippen molar-refractivity contribution < 1.29 is 18.8 Å². The molecule has 1 spiro atoms. The zero-order valence-corrected chi connectivity index (χ0v) is 20.1. The molecule has 3 aliphatic rings. The monoisotopic (exact) mass is 506 g/mol. The lowest BCUT2D eigenvalue weighted by Crippen LogP contribution is -2.43. The van der Waals surface area contributed by atoms with Crippen molar-refractivity contribution in [3.05, 3.63) is 130 Å². The van der Waals surface area contributed by atoms with Gasteiger partial charge in [0.25, 0.3) is 0 Å². The Kier molecular flexibility index (Phi) is 4.66. The third kappa shape index (κ3) is 2.82. The molecule has 3 heterocycles. The summed E-state index contributed by atoms with van der Waals surface area (Å²) < 4.78 is 5.87. The van der Waals surface area contributed by atoms with Gasteiger partial charge < -0.3 is 4.42 Å². The van der Waals surface area contributed by atoms with E-state index in [-0.39, 0.29) is 17.3 Å². The number of fused-ring (bicyclic) bond motifs is 5. The Morgan fingerprint density at radius 1 is 0.865 bits per heavy atom. The van der Waals surface area contributed by atoms with Crippen molar-refractivity contribution in [3.63, 3.8) is 0 Å². The van der Waals surface area contributed by atoms with Crippen molar-refractivity contribution >= 4 is 35.2 Å². The average molecular weight is 507 g/mol. The van der Waals surface area contributed by atoms with Crippen molar-refractivity contribution in [2.45, 2.75) is 18.0 Å². The van der Waals surface area contributed by atoms with E-state index in [1.54, 1.807) is 71.9 Å². The molecule has 3 atom stereocenters. The zero-order chi connectivity index (χ0) is 25.3. The number of hydrazone groups is 1. The fourth-order valence-corrected chi connectivity index (χ4v) is 6.46. The summed E-state index contributed by atoms with van der Waals surface area (Å²) in [6.07, 6.45) is 3.18. The van der Waals surface area contributed by atoms with Crippen molar-refractivity contribution in [1.29, 1.82) is 0 Å². The molecule has 3 aromatic carbocycles. The predicted molar refractivity (Wildman–Crippen MR) is 137 cm³/mol. The van der Waals surface area contributed by atoms with E-state index in [9.17, 15) is 14.4 Å². The number of nitrogens with zero attached hydrogens (tertiary/aromatic N) is 2. The quantitative estimate of drug-likeness (QED) is 0.261. The highest BCUT2D eigenvalue weighted by Crippen LogP contribution is 2.64. The predicted octanol–water partition coefficient (Wildman–Crippen LogP) is 5.74. The number of carbonyl (C=O) groups is 3. The number of benzene rings is 3. The van der Waals surface area contributed by atoms with Crippen LogP contribution in [0.25, 0.3) is 0 Å². The van der Waals surface area contributed by atoms with Crippen molar-refractivity contribution in [3.8, 4) is 0 Å². The van der Waals surface area contributed by atoms with Gasteiger partial charge in [-0.2, -0.15) is 5.10 Å². The summed E-state index contributed by atoms with van der Waals surface area (Å²) >= 11 is 6.09. The number of hydrogen-bond donors (Lipinski definition) is 0.